The summed E-state index contributed by atoms with van der Waals surface area (Å²) >= 11 is 0. The van der Waals surface area contributed by atoms with Gasteiger partial charge in [0.05, 0.1) is 36.9 Å². The Balaban J connectivity index is 1.69. The van der Waals surface area contributed by atoms with Crippen molar-refractivity contribution in [2.24, 2.45) is 5.92 Å². The van der Waals surface area contributed by atoms with Crippen molar-refractivity contribution in [2.45, 2.75) is 70.0 Å². The Hall–Kier alpha value is -1.86. The maximum absolute atomic E-state index is 13.0. The number of aliphatic hydroxyl groups is 1. The van der Waals surface area contributed by atoms with Crippen LogP contribution in [0.5, 0.6) is 5.88 Å². The number of rotatable bonds is 6. The predicted octanol–water partition coefficient (Wildman–Crippen LogP) is 3.75. The van der Waals surface area contributed by atoms with Gasteiger partial charge in [0.15, 0.2) is 0 Å². The van der Waals surface area contributed by atoms with E-state index in [1.54, 1.807) is 6.20 Å². The molecule has 2 aliphatic rings. The van der Waals surface area contributed by atoms with E-state index in [4.69, 9.17) is 14.5 Å². The highest BCUT2D eigenvalue weighted by Gasteiger charge is 2.26. The van der Waals surface area contributed by atoms with E-state index in [2.05, 4.69) is 9.97 Å². The predicted molar refractivity (Wildman–Crippen MR) is 108 cm³/mol. The molecule has 29 heavy (non-hydrogen) atoms. The van der Waals surface area contributed by atoms with Gasteiger partial charge < -0.3 is 14.6 Å². The molecule has 1 N–H and O–H groups in total. The Kier molecular flexibility index (Phi) is 6.55. The number of fused-ring (bicyclic) bond motifs is 1. The topological polar surface area (TPSA) is 77.4 Å². The van der Waals surface area contributed by atoms with Crippen LogP contribution in [-0.2, 0) is 11.2 Å². The number of halogens is 1. The number of alkyl halides is 1. The first kappa shape index (κ1) is 20.4. The highest BCUT2D eigenvalue weighted by molar-refractivity contribution is 5.85. The van der Waals surface area contributed by atoms with Gasteiger partial charge in [-0.3, -0.25) is 4.39 Å². The molecule has 0 amide bonds. The molecule has 1 saturated heterocycles. The number of aliphatic hydroxyl groups excluding tert-OH is 1. The van der Waals surface area contributed by atoms with Crippen LogP contribution in [0.2, 0.25) is 0 Å². The molecule has 1 aliphatic heterocycles. The molecule has 0 spiro atoms. The van der Waals surface area contributed by atoms with Gasteiger partial charge in [-0.1, -0.05) is 6.92 Å². The lowest BCUT2D eigenvalue weighted by Crippen LogP contribution is -2.26. The van der Waals surface area contributed by atoms with Crippen LogP contribution in [0.1, 0.15) is 62.8 Å². The summed E-state index contributed by atoms with van der Waals surface area (Å²) in [7, 11) is 0. The molecule has 2 aromatic heterocycles. The standard InChI is InChI=1S/C22H30FN3O3/c1-14(11-23)10-20-24-13-19-21(26-20)18(15-2-4-16(27)5-3-15)12-25-22(19)29-17-6-8-28-9-7-17/h12-17,27H,2-11H2,1H3/t14-,15?,16?/m1/s1. The van der Waals surface area contributed by atoms with E-state index in [1.807, 2.05) is 13.1 Å². The number of nitrogens with zero attached hydrogens (tertiary/aromatic N) is 3. The minimum Gasteiger partial charge on any atom is -0.474 e. The van der Waals surface area contributed by atoms with Crippen LogP contribution in [0, 0.1) is 5.92 Å². The summed E-state index contributed by atoms with van der Waals surface area (Å²) in [5, 5.41) is 10.7. The van der Waals surface area contributed by atoms with Crippen molar-refractivity contribution < 1.29 is 19.0 Å². The zero-order valence-corrected chi connectivity index (χ0v) is 17.0. The molecular weight excluding hydrogens is 373 g/mol. The van der Waals surface area contributed by atoms with Crippen LogP contribution in [0.3, 0.4) is 0 Å². The highest BCUT2D eigenvalue weighted by atomic mass is 19.1. The first-order chi connectivity index (χ1) is 14.1. The first-order valence-corrected chi connectivity index (χ1v) is 10.8. The average molecular weight is 403 g/mol. The second-order valence-corrected chi connectivity index (χ2v) is 8.47. The maximum Gasteiger partial charge on any atom is 0.224 e. The molecule has 3 heterocycles. The van der Waals surface area contributed by atoms with E-state index < -0.39 is 0 Å². The Morgan fingerprint density at radius 2 is 1.90 bits per heavy atom. The first-order valence-electron chi connectivity index (χ1n) is 10.8. The molecule has 0 bridgehead atoms. The van der Waals surface area contributed by atoms with E-state index in [-0.39, 0.29) is 24.8 Å². The van der Waals surface area contributed by atoms with Crippen LogP contribution in [0.4, 0.5) is 4.39 Å². The van der Waals surface area contributed by atoms with Gasteiger partial charge in [-0.05, 0) is 37.5 Å². The molecule has 0 aromatic carbocycles. The summed E-state index contributed by atoms with van der Waals surface area (Å²) in [5.74, 6) is 1.42. The van der Waals surface area contributed by atoms with Crippen molar-refractivity contribution in [1.82, 2.24) is 15.0 Å². The molecule has 1 atom stereocenters. The molecular formula is C22H30FN3O3. The molecule has 0 unspecified atom stereocenters. The summed E-state index contributed by atoms with van der Waals surface area (Å²) in [5.41, 5.74) is 1.95. The molecule has 1 saturated carbocycles. The van der Waals surface area contributed by atoms with Gasteiger partial charge in [-0.25, -0.2) is 15.0 Å². The van der Waals surface area contributed by atoms with Crippen molar-refractivity contribution in [3.8, 4) is 5.88 Å². The number of aromatic nitrogens is 3. The van der Waals surface area contributed by atoms with Gasteiger partial charge in [-0.2, -0.15) is 0 Å². The molecule has 6 nitrogen and oxygen atoms in total. The SMILES string of the molecule is C[C@@H](CF)Cc1ncc2c(OC3CCOCC3)ncc(C3CCC(O)CC3)c2n1. The summed E-state index contributed by atoms with van der Waals surface area (Å²) < 4.78 is 24.6. The van der Waals surface area contributed by atoms with Gasteiger partial charge in [0.1, 0.15) is 11.9 Å². The van der Waals surface area contributed by atoms with Crippen LogP contribution < -0.4 is 4.74 Å². The minimum absolute atomic E-state index is 0.0846. The van der Waals surface area contributed by atoms with E-state index in [9.17, 15) is 9.50 Å². The van der Waals surface area contributed by atoms with Crippen molar-refractivity contribution in [3.05, 3.63) is 23.8 Å². The van der Waals surface area contributed by atoms with Gasteiger partial charge in [0.25, 0.3) is 0 Å². The number of hydrogen-bond acceptors (Lipinski definition) is 6. The monoisotopic (exact) mass is 403 g/mol. The molecule has 2 fully saturated rings. The minimum atomic E-state index is -0.386. The second-order valence-electron chi connectivity index (χ2n) is 8.47. The third-order valence-corrected chi connectivity index (χ3v) is 6.04. The van der Waals surface area contributed by atoms with Gasteiger partial charge >= 0.3 is 0 Å². The van der Waals surface area contributed by atoms with E-state index in [1.165, 1.54) is 0 Å². The van der Waals surface area contributed by atoms with Gasteiger partial charge in [-0.15, -0.1) is 0 Å². The van der Waals surface area contributed by atoms with E-state index in [0.717, 1.165) is 55.0 Å². The highest BCUT2D eigenvalue weighted by Crippen LogP contribution is 2.37. The Labute approximate surface area is 170 Å². The number of hydrogen-bond donors (Lipinski definition) is 1. The number of ether oxygens (including phenoxy) is 2. The summed E-state index contributed by atoms with van der Waals surface area (Å²) in [6.45, 7) is 2.88. The fraction of sp³-hybridized carbons (Fsp3) is 0.682. The smallest absolute Gasteiger partial charge is 0.224 e. The molecule has 2 aromatic rings. The van der Waals surface area contributed by atoms with Crippen LogP contribution >= 0.6 is 0 Å². The van der Waals surface area contributed by atoms with Crippen molar-refractivity contribution in [3.63, 3.8) is 0 Å². The lowest BCUT2D eigenvalue weighted by atomic mass is 9.82. The lowest BCUT2D eigenvalue weighted by Gasteiger charge is -2.27. The Morgan fingerprint density at radius 3 is 2.62 bits per heavy atom. The third-order valence-electron chi connectivity index (χ3n) is 6.04. The molecule has 158 valence electrons. The van der Waals surface area contributed by atoms with E-state index >= 15 is 0 Å². The molecule has 0 radical (unpaired) electrons. The third kappa shape index (κ3) is 4.83. The quantitative estimate of drug-likeness (QED) is 0.792. The summed E-state index contributed by atoms with van der Waals surface area (Å²) in [6.07, 6.45) is 9.16. The largest absolute Gasteiger partial charge is 0.474 e. The summed E-state index contributed by atoms with van der Waals surface area (Å²) in [6, 6.07) is 0. The van der Waals surface area contributed by atoms with Crippen LogP contribution in [0.25, 0.3) is 10.9 Å². The van der Waals surface area contributed by atoms with Crippen molar-refractivity contribution in [1.29, 1.82) is 0 Å². The van der Waals surface area contributed by atoms with E-state index in [0.29, 0.717) is 37.3 Å². The maximum atomic E-state index is 13.0. The molecule has 4 rings (SSSR count). The summed E-state index contributed by atoms with van der Waals surface area (Å²) in [4.78, 5) is 13.9. The fourth-order valence-corrected chi connectivity index (χ4v) is 4.25. The normalized spacial score (nSPS) is 24.5. The van der Waals surface area contributed by atoms with Gasteiger partial charge in [0, 0.05) is 37.2 Å². The van der Waals surface area contributed by atoms with Crippen LogP contribution in [0.15, 0.2) is 12.4 Å². The van der Waals surface area contributed by atoms with Crippen molar-refractivity contribution >= 4 is 10.9 Å². The number of pyridine rings is 1. The Bertz CT molecular complexity index is 820. The zero-order chi connectivity index (χ0) is 20.2. The zero-order valence-electron chi connectivity index (χ0n) is 17.0. The lowest BCUT2D eigenvalue weighted by molar-refractivity contribution is 0.0244. The molecule has 7 heteroatoms. The average Bonchev–Trinajstić information content (AvgIpc) is 2.75. The van der Waals surface area contributed by atoms with Crippen LogP contribution in [-0.4, -0.2) is 52.2 Å². The van der Waals surface area contributed by atoms with Crippen molar-refractivity contribution in [2.75, 3.05) is 19.9 Å². The second kappa shape index (κ2) is 9.30. The van der Waals surface area contributed by atoms with Gasteiger partial charge in [0.2, 0.25) is 5.88 Å². The Morgan fingerprint density at radius 1 is 1.14 bits per heavy atom. The molecule has 1 aliphatic carbocycles. The fourth-order valence-electron chi connectivity index (χ4n) is 4.25.